The summed E-state index contributed by atoms with van der Waals surface area (Å²) in [5, 5.41) is 11.7. The molecule has 0 aromatic heterocycles. The van der Waals surface area contributed by atoms with Crippen molar-refractivity contribution in [2.45, 2.75) is 12.5 Å². The first-order chi connectivity index (χ1) is 8.19. The van der Waals surface area contributed by atoms with Crippen LogP contribution in [0.25, 0.3) is 0 Å². The van der Waals surface area contributed by atoms with Gasteiger partial charge in [0.1, 0.15) is 0 Å². The molecule has 0 radical (unpaired) electrons. The van der Waals surface area contributed by atoms with Crippen LogP contribution < -0.4 is 5.32 Å². The van der Waals surface area contributed by atoms with Crippen LogP contribution in [0.1, 0.15) is 18.0 Å². The Morgan fingerprint density at radius 3 is 2.59 bits per heavy atom. The Morgan fingerprint density at radius 1 is 1.41 bits per heavy atom. The molecule has 1 atom stereocenters. The maximum atomic E-state index is 11.3. The third-order valence-electron chi connectivity index (χ3n) is 2.79. The number of hydrogen-bond donors (Lipinski definition) is 2. The summed E-state index contributed by atoms with van der Waals surface area (Å²) in [7, 11) is 3.52. The molecular formula is C13H20N2O2. The monoisotopic (exact) mass is 236 g/mol. The van der Waals surface area contributed by atoms with E-state index in [0.29, 0.717) is 13.0 Å². The Morgan fingerprint density at radius 2 is 2.06 bits per heavy atom. The zero-order chi connectivity index (χ0) is 12.7. The lowest BCUT2D eigenvalue weighted by Crippen LogP contribution is -2.35. The van der Waals surface area contributed by atoms with Crippen LogP contribution >= 0.6 is 0 Å². The highest BCUT2D eigenvalue weighted by Crippen LogP contribution is 2.22. The second-order valence-corrected chi connectivity index (χ2v) is 4.03. The second kappa shape index (κ2) is 7.04. The molecular weight excluding hydrogens is 216 g/mol. The van der Waals surface area contributed by atoms with Crippen LogP contribution in [-0.2, 0) is 4.79 Å². The molecule has 1 amide bonds. The molecule has 0 heterocycles. The fourth-order valence-electron chi connectivity index (χ4n) is 1.85. The minimum absolute atomic E-state index is 0.0219. The zero-order valence-electron chi connectivity index (χ0n) is 10.4. The molecule has 0 saturated carbocycles. The number of likely N-dealkylation sites (N-methyl/N-ethyl adjacent to an activating group) is 2. The molecule has 0 spiro atoms. The molecule has 4 nitrogen and oxygen atoms in total. The molecule has 4 heteroatoms. The number of amides is 1. The fraction of sp³-hybridized carbons (Fsp3) is 0.462. The van der Waals surface area contributed by atoms with Gasteiger partial charge in [-0.25, -0.2) is 0 Å². The number of nitrogens with zero attached hydrogens (tertiary/aromatic N) is 1. The van der Waals surface area contributed by atoms with E-state index in [1.165, 1.54) is 0 Å². The number of aliphatic hydroxyl groups excluding tert-OH is 1. The van der Waals surface area contributed by atoms with Crippen molar-refractivity contribution in [3.05, 3.63) is 35.9 Å². The van der Waals surface area contributed by atoms with Gasteiger partial charge in [0.2, 0.25) is 5.91 Å². The van der Waals surface area contributed by atoms with Gasteiger partial charge in [0, 0.05) is 19.7 Å². The van der Waals surface area contributed by atoms with Gasteiger partial charge in [0.05, 0.1) is 6.54 Å². The summed E-state index contributed by atoms with van der Waals surface area (Å²) in [6.07, 6.45) is 0.623. The van der Waals surface area contributed by atoms with Crippen molar-refractivity contribution in [3.63, 3.8) is 0 Å². The third-order valence-corrected chi connectivity index (χ3v) is 2.79. The summed E-state index contributed by atoms with van der Waals surface area (Å²) in [6, 6.07) is 9.99. The van der Waals surface area contributed by atoms with Crippen molar-refractivity contribution < 1.29 is 9.90 Å². The third kappa shape index (κ3) is 4.17. The number of hydrogen-bond acceptors (Lipinski definition) is 3. The molecule has 0 aliphatic rings. The van der Waals surface area contributed by atoms with E-state index in [2.05, 4.69) is 5.32 Å². The van der Waals surface area contributed by atoms with Crippen LogP contribution in [0.4, 0.5) is 0 Å². The summed E-state index contributed by atoms with van der Waals surface area (Å²) in [4.78, 5) is 13.3. The summed E-state index contributed by atoms with van der Waals surface area (Å²) >= 11 is 0. The van der Waals surface area contributed by atoms with E-state index in [-0.39, 0.29) is 18.6 Å². The molecule has 0 aliphatic carbocycles. The van der Waals surface area contributed by atoms with Crippen molar-refractivity contribution in [1.29, 1.82) is 0 Å². The van der Waals surface area contributed by atoms with Gasteiger partial charge >= 0.3 is 0 Å². The molecule has 1 aromatic rings. The lowest BCUT2D eigenvalue weighted by Gasteiger charge is -2.27. The first kappa shape index (κ1) is 13.7. The minimum Gasteiger partial charge on any atom is -0.396 e. The van der Waals surface area contributed by atoms with E-state index in [1.54, 1.807) is 7.05 Å². The van der Waals surface area contributed by atoms with Crippen molar-refractivity contribution in [2.24, 2.45) is 0 Å². The average Bonchev–Trinajstić information content (AvgIpc) is 2.36. The van der Waals surface area contributed by atoms with E-state index in [1.807, 2.05) is 42.3 Å². The Labute approximate surface area is 102 Å². The van der Waals surface area contributed by atoms with Gasteiger partial charge in [0.25, 0.3) is 0 Å². The van der Waals surface area contributed by atoms with Gasteiger partial charge < -0.3 is 10.4 Å². The van der Waals surface area contributed by atoms with Gasteiger partial charge in [-0.2, -0.15) is 0 Å². The topological polar surface area (TPSA) is 52.6 Å². The van der Waals surface area contributed by atoms with E-state index < -0.39 is 0 Å². The van der Waals surface area contributed by atoms with E-state index in [4.69, 9.17) is 5.11 Å². The predicted octanol–water partition coefficient (Wildman–Crippen LogP) is 0.788. The number of carbonyl (C=O) groups excluding carboxylic acids is 1. The smallest absolute Gasteiger partial charge is 0.233 e. The molecule has 0 saturated heterocycles. The maximum absolute atomic E-state index is 11.3. The normalized spacial score (nSPS) is 12.5. The van der Waals surface area contributed by atoms with Crippen molar-refractivity contribution in [2.75, 3.05) is 27.2 Å². The van der Waals surface area contributed by atoms with Gasteiger partial charge in [-0.3, -0.25) is 9.69 Å². The van der Waals surface area contributed by atoms with Gasteiger partial charge in [-0.1, -0.05) is 30.3 Å². The van der Waals surface area contributed by atoms with Crippen LogP contribution in [-0.4, -0.2) is 43.2 Å². The molecule has 1 aromatic carbocycles. The van der Waals surface area contributed by atoms with Crippen LogP contribution in [0.5, 0.6) is 0 Å². The molecule has 0 fully saturated rings. The average molecular weight is 236 g/mol. The molecule has 17 heavy (non-hydrogen) atoms. The van der Waals surface area contributed by atoms with Gasteiger partial charge in [0.15, 0.2) is 0 Å². The largest absolute Gasteiger partial charge is 0.396 e. The molecule has 94 valence electrons. The van der Waals surface area contributed by atoms with E-state index >= 15 is 0 Å². The lowest BCUT2D eigenvalue weighted by atomic mass is 10.0. The fourth-order valence-corrected chi connectivity index (χ4v) is 1.85. The molecule has 1 rings (SSSR count). The number of nitrogens with one attached hydrogen (secondary N) is 1. The predicted molar refractivity (Wildman–Crippen MR) is 67.6 cm³/mol. The maximum Gasteiger partial charge on any atom is 0.233 e. The molecule has 0 aliphatic heterocycles. The molecule has 0 bridgehead atoms. The molecule has 2 N–H and O–H groups in total. The summed E-state index contributed by atoms with van der Waals surface area (Å²) in [6.45, 7) is 0.438. The zero-order valence-corrected chi connectivity index (χ0v) is 10.4. The van der Waals surface area contributed by atoms with Crippen LogP contribution in [0, 0.1) is 0 Å². The Bertz CT molecular complexity index is 341. The van der Waals surface area contributed by atoms with Crippen LogP contribution in [0.3, 0.4) is 0 Å². The Balaban J connectivity index is 2.75. The quantitative estimate of drug-likeness (QED) is 0.767. The summed E-state index contributed by atoms with van der Waals surface area (Å²) < 4.78 is 0. The molecule has 1 unspecified atom stereocenters. The SMILES string of the molecule is CNC(=O)CN(C)C(CCO)c1ccccc1. The Kier molecular flexibility index (Phi) is 5.66. The van der Waals surface area contributed by atoms with E-state index in [0.717, 1.165) is 5.56 Å². The van der Waals surface area contributed by atoms with Crippen molar-refractivity contribution in [3.8, 4) is 0 Å². The highest BCUT2D eigenvalue weighted by Gasteiger charge is 2.18. The van der Waals surface area contributed by atoms with Gasteiger partial charge in [-0.05, 0) is 19.0 Å². The second-order valence-electron chi connectivity index (χ2n) is 4.03. The van der Waals surface area contributed by atoms with Crippen molar-refractivity contribution >= 4 is 5.91 Å². The number of benzene rings is 1. The van der Waals surface area contributed by atoms with Gasteiger partial charge in [-0.15, -0.1) is 0 Å². The summed E-state index contributed by atoms with van der Waals surface area (Å²) in [5.74, 6) is -0.0219. The summed E-state index contributed by atoms with van der Waals surface area (Å²) in [5.41, 5.74) is 1.12. The van der Waals surface area contributed by atoms with Crippen molar-refractivity contribution in [1.82, 2.24) is 10.2 Å². The number of rotatable bonds is 6. The minimum atomic E-state index is -0.0219. The first-order valence-corrected chi connectivity index (χ1v) is 5.75. The highest BCUT2D eigenvalue weighted by molar-refractivity contribution is 5.77. The highest BCUT2D eigenvalue weighted by atomic mass is 16.3. The standard InChI is InChI=1S/C13H20N2O2/c1-14-13(17)10-15(2)12(8-9-16)11-6-4-3-5-7-11/h3-7,12,16H,8-10H2,1-2H3,(H,14,17). The first-order valence-electron chi connectivity index (χ1n) is 5.75. The van der Waals surface area contributed by atoms with E-state index in [9.17, 15) is 4.79 Å². The number of aliphatic hydroxyl groups is 1. The van der Waals surface area contributed by atoms with Crippen LogP contribution in [0.15, 0.2) is 30.3 Å². The lowest BCUT2D eigenvalue weighted by molar-refractivity contribution is -0.122. The number of carbonyl (C=O) groups is 1. The van der Waals surface area contributed by atoms with Crippen LogP contribution in [0.2, 0.25) is 0 Å². The Hall–Kier alpha value is -1.39.